The highest BCUT2D eigenvalue weighted by Crippen LogP contribution is 2.29. The predicted octanol–water partition coefficient (Wildman–Crippen LogP) is 4.22. The average molecular weight is 263 g/mol. The summed E-state index contributed by atoms with van der Waals surface area (Å²) in [5, 5.41) is 0. The molecule has 0 spiro atoms. The van der Waals surface area contributed by atoms with Crippen molar-refractivity contribution in [1.29, 1.82) is 0 Å². The highest BCUT2D eigenvalue weighted by Gasteiger charge is 2.23. The fourth-order valence-corrected chi connectivity index (χ4v) is 2.78. The molecule has 1 fully saturated rings. The summed E-state index contributed by atoms with van der Waals surface area (Å²) in [5.41, 5.74) is 2.31. The van der Waals surface area contributed by atoms with E-state index in [4.69, 9.17) is 17.0 Å². The van der Waals surface area contributed by atoms with E-state index >= 15 is 0 Å². The molecule has 0 aromatic heterocycles. The Bertz CT molecular complexity index is 420. The molecule has 3 heteroatoms. The summed E-state index contributed by atoms with van der Waals surface area (Å²) in [5.74, 6) is 1.52. The molecular formula is C15H21NOS. The summed E-state index contributed by atoms with van der Waals surface area (Å²) in [4.78, 5) is 5.44. The van der Waals surface area contributed by atoms with Gasteiger partial charge in [-0.2, -0.15) is 0 Å². The molecule has 2 heterocycles. The van der Waals surface area contributed by atoms with Crippen LogP contribution in [0.3, 0.4) is 0 Å². The molecule has 18 heavy (non-hydrogen) atoms. The molecule has 98 valence electrons. The van der Waals surface area contributed by atoms with Gasteiger partial charge in [0.2, 0.25) is 0 Å². The quantitative estimate of drug-likeness (QED) is 0.522. The van der Waals surface area contributed by atoms with Crippen LogP contribution in [0.2, 0.25) is 0 Å². The van der Waals surface area contributed by atoms with E-state index in [1.54, 1.807) is 0 Å². The van der Waals surface area contributed by atoms with Crippen LogP contribution in [0.15, 0.2) is 28.1 Å². The van der Waals surface area contributed by atoms with Crippen LogP contribution >= 0.6 is 12.2 Å². The summed E-state index contributed by atoms with van der Waals surface area (Å²) >= 11 is 5.55. The Balaban J connectivity index is 2.29. The lowest BCUT2D eigenvalue weighted by Gasteiger charge is -2.22. The van der Waals surface area contributed by atoms with Crippen LogP contribution in [0.25, 0.3) is 0 Å². The molecule has 0 aromatic rings. The van der Waals surface area contributed by atoms with Crippen molar-refractivity contribution in [1.82, 2.24) is 0 Å². The number of nitrogens with zero attached hydrogens (tertiary/aromatic N) is 1. The van der Waals surface area contributed by atoms with Gasteiger partial charge in [0.25, 0.3) is 0 Å². The van der Waals surface area contributed by atoms with Crippen molar-refractivity contribution < 1.29 is 4.74 Å². The Morgan fingerprint density at radius 3 is 3.17 bits per heavy atom. The third kappa shape index (κ3) is 3.08. The van der Waals surface area contributed by atoms with Gasteiger partial charge in [-0.15, -0.1) is 0 Å². The Morgan fingerprint density at radius 1 is 1.56 bits per heavy atom. The van der Waals surface area contributed by atoms with Gasteiger partial charge in [0.05, 0.1) is 17.2 Å². The maximum absolute atomic E-state index is 5.79. The van der Waals surface area contributed by atoms with Gasteiger partial charge in [-0.3, -0.25) is 4.99 Å². The first kappa shape index (κ1) is 13.5. The van der Waals surface area contributed by atoms with Gasteiger partial charge in [0.15, 0.2) is 5.76 Å². The van der Waals surface area contributed by atoms with Gasteiger partial charge in [0.1, 0.15) is 0 Å². The number of aliphatic imine (C=N–C) groups is 1. The standard InChI is InChI=1S/C15H21NOS/c1-3-5-12-7-9-17-14(15(12)18)13-10-11(2)6-4-8-16-13/h5,8,11H,3-4,6-7,9-10H2,1-2H3/b12-5-,14-13-. The second-order valence-corrected chi connectivity index (χ2v) is 5.45. The van der Waals surface area contributed by atoms with Crippen LogP contribution in [-0.4, -0.2) is 17.7 Å². The van der Waals surface area contributed by atoms with Crippen molar-refractivity contribution in [2.75, 3.05) is 6.61 Å². The summed E-state index contributed by atoms with van der Waals surface area (Å²) < 4.78 is 5.79. The molecular weight excluding hydrogens is 242 g/mol. The van der Waals surface area contributed by atoms with Crippen LogP contribution < -0.4 is 0 Å². The molecule has 0 radical (unpaired) electrons. The fourth-order valence-electron chi connectivity index (χ4n) is 2.41. The van der Waals surface area contributed by atoms with E-state index in [9.17, 15) is 0 Å². The number of allylic oxidation sites excluding steroid dienone is 3. The van der Waals surface area contributed by atoms with E-state index in [0.29, 0.717) is 5.92 Å². The SMILES string of the molecule is CC/C=C1/CCO/C(=C2/CC(C)CCC=N2)C1=S. The Morgan fingerprint density at radius 2 is 2.39 bits per heavy atom. The van der Waals surface area contributed by atoms with Gasteiger partial charge in [-0.05, 0) is 37.2 Å². The second-order valence-electron chi connectivity index (χ2n) is 5.04. The maximum atomic E-state index is 5.79. The molecule has 1 saturated heterocycles. The van der Waals surface area contributed by atoms with Gasteiger partial charge in [-0.1, -0.05) is 32.1 Å². The van der Waals surface area contributed by atoms with E-state index < -0.39 is 0 Å². The minimum Gasteiger partial charge on any atom is -0.490 e. The Kier molecular flexibility index (Phi) is 4.70. The summed E-state index contributed by atoms with van der Waals surface area (Å²) in [7, 11) is 0. The Labute approximate surface area is 115 Å². The number of ether oxygens (including phenoxy) is 1. The van der Waals surface area contributed by atoms with Gasteiger partial charge >= 0.3 is 0 Å². The molecule has 0 amide bonds. The van der Waals surface area contributed by atoms with E-state index in [2.05, 4.69) is 24.9 Å². The molecule has 0 N–H and O–H groups in total. The third-order valence-electron chi connectivity index (χ3n) is 3.41. The lowest BCUT2D eigenvalue weighted by atomic mass is 9.98. The third-order valence-corrected chi connectivity index (χ3v) is 3.85. The van der Waals surface area contributed by atoms with Crippen LogP contribution in [0.4, 0.5) is 0 Å². The summed E-state index contributed by atoms with van der Waals surface area (Å²) in [6.45, 7) is 5.14. The highest BCUT2D eigenvalue weighted by atomic mass is 32.1. The first-order valence-electron chi connectivity index (χ1n) is 6.84. The largest absolute Gasteiger partial charge is 0.490 e. The van der Waals surface area contributed by atoms with Gasteiger partial charge in [0, 0.05) is 12.6 Å². The highest BCUT2D eigenvalue weighted by molar-refractivity contribution is 7.81. The average Bonchev–Trinajstić information content (AvgIpc) is 2.57. The second kappa shape index (κ2) is 6.28. The number of thiocarbonyl (C=S) groups is 1. The molecule has 1 atom stereocenters. The van der Waals surface area contributed by atoms with E-state index in [1.807, 2.05) is 6.21 Å². The van der Waals surface area contributed by atoms with Crippen molar-refractivity contribution >= 4 is 23.3 Å². The number of hydrogen-bond acceptors (Lipinski definition) is 3. The molecule has 2 rings (SSSR count). The predicted molar refractivity (Wildman–Crippen MR) is 80.1 cm³/mol. The lowest BCUT2D eigenvalue weighted by molar-refractivity contribution is 0.222. The molecule has 2 aliphatic heterocycles. The summed E-state index contributed by atoms with van der Waals surface area (Å²) in [6, 6.07) is 0. The van der Waals surface area contributed by atoms with E-state index in [1.165, 1.54) is 12.0 Å². The monoisotopic (exact) mass is 263 g/mol. The van der Waals surface area contributed by atoms with Crippen molar-refractivity contribution in [3.05, 3.63) is 23.1 Å². The molecule has 0 aliphatic carbocycles. The fraction of sp³-hybridized carbons (Fsp3) is 0.600. The smallest absolute Gasteiger partial charge is 0.159 e. The number of hydrogen-bond donors (Lipinski definition) is 0. The zero-order valence-corrected chi connectivity index (χ0v) is 12.1. The van der Waals surface area contributed by atoms with Crippen LogP contribution in [0.5, 0.6) is 0 Å². The molecule has 0 saturated carbocycles. The normalized spacial score (nSPS) is 31.3. The minimum absolute atomic E-state index is 0.655. The van der Waals surface area contributed by atoms with Crippen molar-refractivity contribution in [3.63, 3.8) is 0 Å². The van der Waals surface area contributed by atoms with E-state index in [0.717, 1.165) is 48.6 Å². The topological polar surface area (TPSA) is 21.6 Å². The van der Waals surface area contributed by atoms with Crippen LogP contribution in [0, 0.1) is 5.92 Å². The molecule has 0 aromatic carbocycles. The summed E-state index contributed by atoms with van der Waals surface area (Å²) in [6.07, 6.45) is 9.42. The molecule has 0 bridgehead atoms. The first-order chi connectivity index (χ1) is 8.72. The lowest BCUT2D eigenvalue weighted by Crippen LogP contribution is -2.18. The van der Waals surface area contributed by atoms with Crippen molar-refractivity contribution in [2.45, 2.75) is 46.0 Å². The van der Waals surface area contributed by atoms with Crippen LogP contribution in [-0.2, 0) is 4.74 Å². The zero-order chi connectivity index (χ0) is 13.0. The maximum Gasteiger partial charge on any atom is 0.159 e. The number of rotatable bonds is 1. The Hall–Kier alpha value is -0.960. The van der Waals surface area contributed by atoms with Crippen molar-refractivity contribution in [3.8, 4) is 0 Å². The first-order valence-corrected chi connectivity index (χ1v) is 7.25. The van der Waals surface area contributed by atoms with Crippen molar-refractivity contribution in [2.24, 2.45) is 10.9 Å². The van der Waals surface area contributed by atoms with Gasteiger partial charge < -0.3 is 4.74 Å². The minimum atomic E-state index is 0.655. The zero-order valence-electron chi connectivity index (χ0n) is 11.2. The van der Waals surface area contributed by atoms with Gasteiger partial charge in [-0.25, -0.2) is 0 Å². The molecule has 1 unspecified atom stereocenters. The molecule has 2 aliphatic rings. The van der Waals surface area contributed by atoms with Crippen LogP contribution in [0.1, 0.15) is 46.0 Å². The molecule has 2 nitrogen and oxygen atoms in total. The van der Waals surface area contributed by atoms with E-state index in [-0.39, 0.29) is 0 Å².